The van der Waals surface area contributed by atoms with Crippen LogP contribution in [0.1, 0.15) is 41.3 Å². The average Bonchev–Trinajstić information content (AvgIpc) is 3.37. The lowest BCUT2D eigenvalue weighted by atomic mass is 9.84. The number of rotatable bonds is 12. The number of hydrogen-bond acceptors (Lipinski definition) is 5. The van der Waals surface area contributed by atoms with E-state index < -0.39 is 11.6 Å². The maximum absolute atomic E-state index is 15.4. The van der Waals surface area contributed by atoms with Crippen LogP contribution in [-0.2, 0) is 16.9 Å². The third-order valence-corrected chi connectivity index (χ3v) is 8.66. The van der Waals surface area contributed by atoms with Crippen molar-refractivity contribution in [3.63, 3.8) is 0 Å². The van der Waals surface area contributed by atoms with Crippen LogP contribution >= 0.6 is 39.3 Å². The van der Waals surface area contributed by atoms with Crippen molar-refractivity contribution >= 4 is 39.3 Å². The molecule has 1 aliphatic rings. The molecule has 5 nitrogen and oxygen atoms in total. The lowest BCUT2D eigenvalue weighted by Crippen LogP contribution is -2.15. The highest BCUT2D eigenvalue weighted by molar-refractivity contribution is 9.09. The highest BCUT2D eigenvalue weighted by Gasteiger charge is 2.31. The largest absolute Gasteiger partial charge is 0.495 e. The van der Waals surface area contributed by atoms with Crippen LogP contribution in [0.15, 0.2) is 59.8 Å². The summed E-state index contributed by atoms with van der Waals surface area (Å²) in [6, 6.07) is 14.3. The number of benzene rings is 3. The van der Waals surface area contributed by atoms with Gasteiger partial charge < -0.3 is 14.2 Å². The number of methoxy groups -OCH3 is 1. The predicted octanol–water partition coefficient (Wildman–Crippen LogP) is 8.50. The van der Waals surface area contributed by atoms with Crippen molar-refractivity contribution < 1.29 is 27.4 Å². The van der Waals surface area contributed by atoms with Gasteiger partial charge in [-0.05, 0) is 73.4 Å². The zero-order valence-corrected chi connectivity index (χ0v) is 26.0. The van der Waals surface area contributed by atoms with Gasteiger partial charge in [-0.25, -0.2) is 18.2 Å². The topological polar surface area (TPSA) is 45.5 Å². The van der Waals surface area contributed by atoms with Crippen LogP contribution in [-0.4, -0.2) is 41.8 Å². The van der Waals surface area contributed by atoms with Gasteiger partial charge in [0.15, 0.2) is 16.7 Å². The van der Waals surface area contributed by atoms with E-state index in [1.165, 1.54) is 36.0 Å². The van der Waals surface area contributed by atoms with Crippen LogP contribution in [0.5, 0.6) is 11.5 Å². The molecule has 11 heteroatoms. The Labute approximate surface area is 260 Å². The number of aromatic nitrogens is 2. The Morgan fingerprint density at radius 1 is 1.02 bits per heavy atom. The summed E-state index contributed by atoms with van der Waals surface area (Å²) in [5.74, 6) is -1.30. The summed E-state index contributed by atoms with van der Waals surface area (Å²) in [7, 11) is 1.58. The molecule has 0 saturated heterocycles. The molecule has 0 bridgehead atoms. The summed E-state index contributed by atoms with van der Waals surface area (Å²) in [5.41, 5.74) is 3.47. The Bertz CT molecular complexity index is 1540. The molecule has 222 valence electrons. The summed E-state index contributed by atoms with van der Waals surface area (Å²) in [6.07, 6.45) is 2.52. The maximum atomic E-state index is 15.4. The van der Waals surface area contributed by atoms with Crippen LogP contribution in [0.2, 0.25) is 5.02 Å². The van der Waals surface area contributed by atoms with E-state index in [2.05, 4.69) is 15.9 Å². The van der Waals surface area contributed by atoms with Crippen molar-refractivity contribution in [3.05, 3.63) is 99.6 Å². The molecule has 3 aromatic carbocycles. The van der Waals surface area contributed by atoms with E-state index in [0.29, 0.717) is 33.6 Å². The predicted molar refractivity (Wildman–Crippen MR) is 162 cm³/mol. The Morgan fingerprint density at radius 3 is 2.60 bits per heavy atom. The number of ether oxygens (including phenoxy) is 3. The molecule has 0 amide bonds. The lowest BCUT2D eigenvalue weighted by molar-refractivity contribution is 0.110. The summed E-state index contributed by atoms with van der Waals surface area (Å²) in [4.78, 5) is 4.94. The zero-order valence-electron chi connectivity index (χ0n) is 22.8. The first-order valence-electron chi connectivity index (χ1n) is 13.5. The van der Waals surface area contributed by atoms with Gasteiger partial charge in [-0.2, -0.15) is 0 Å². The van der Waals surface area contributed by atoms with E-state index in [9.17, 15) is 8.78 Å². The molecule has 4 aromatic rings. The van der Waals surface area contributed by atoms with E-state index in [0.717, 1.165) is 36.2 Å². The second kappa shape index (κ2) is 14.2. The summed E-state index contributed by atoms with van der Waals surface area (Å²) >= 11 is 10.8. The molecule has 0 N–H and O–H groups in total. The first-order chi connectivity index (χ1) is 20.4. The van der Waals surface area contributed by atoms with Crippen molar-refractivity contribution in [1.82, 2.24) is 9.55 Å². The summed E-state index contributed by atoms with van der Waals surface area (Å²) < 4.78 is 62.5. The Balaban J connectivity index is 1.49. The van der Waals surface area contributed by atoms with Crippen LogP contribution in [0, 0.1) is 17.5 Å². The van der Waals surface area contributed by atoms with E-state index in [1.807, 2.05) is 22.8 Å². The van der Waals surface area contributed by atoms with E-state index in [4.69, 9.17) is 30.8 Å². The monoisotopic (exact) mass is 680 g/mol. The molecular formula is C31H29BrClF3N2O3S. The fourth-order valence-electron chi connectivity index (χ4n) is 5.08. The van der Waals surface area contributed by atoms with Gasteiger partial charge in [0.2, 0.25) is 0 Å². The highest BCUT2D eigenvalue weighted by Crippen LogP contribution is 2.43. The van der Waals surface area contributed by atoms with Gasteiger partial charge in [0, 0.05) is 28.3 Å². The molecular weight excluding hydrogens is 653 g/mol. The third kappa shape index (κ3) is 6.77. The van der Waals surface area contributed by atoms with Gasteiger partial charge in [0.05, 0.1) is 36.7 Å². The fraction of sp³-hybridized carbons (Fsp3) is 0.323. The Kier molecular flexibility index (Phi) is 10.4. The number of aryl methyl sites for hydroxylation is 1. The minimum atomic E-state index is -0.751. The van der Waals surface area contributed by atoms with Crippen LogP contribution in [0.3, 0.4) is 0 Å². The van der Waals surface area contributed by atoms with E-state index in [-0.39, 0.29) is 42.0 Å². The van der Waals surface area contributed by atoms with Crippen LogP contribution in [0.4, 0.5) is 13.2 Å². The molecule has 1 heterocycles. The van der Waals surface area contributed by atoms with Crippen molar-refractivity contribution in [2.24, 2.45) is 0 Å². The van der Waals surface area contributed by atoms with Gasteiger partial charge in [0.25, 0.3) is 0 Å². The Morgan fingerprint density at radius 2 is 1.83 bits per heavy atom. The number of hydrogen-bond donors (Lipinski definition) is 0. The zero-order chi connectivity index (χ0) is 29.6. The third-order valence-electron chi connectivity index (χ3n) is 7.06. The van der Waals surface area contributed by atoms with Gasteiger partial charge in [-0.1, -0.05) is 45.4 Å². The number of nitrogens with zero attached hydrogens (tertiary/aromatic N) is 2. The first kappa shape index (κ1) is 30.8. The van der Waals surface area contributed by atoms with Crippen molar-refractivity contribution in [2.75, 3.05) is 32.3 Å². The molecule has 1 unspecified atom stereocenters. The average molecular weight is 682 g/mol. The van der Waals surface area contributed by atoms with Crippen molar-refractivity contribution in [1.29, 1.82) is 0 Å². The van der Waals surface area contributed by atoms with Gasteiger partial charge in [-0.3, -0.25) is 4.57 Å². The number of thioether (sulfide) groups is 1. The molecule has 0 saturated carbocycles. The molecule has 0 spiro atoms. The smallest absolute Gasteiger partial charge is 0.173 e. The summed E-state index contributed by atoms with van der Waals surface area (Å²) in [6.45, 7) is 0.933. The van der Waals surface area contributed by atoms with Gasteiger partial charge >= 0.3 is 0 Å². The maximum Gasteiger partial charge on any atom is 0.173 e. The first-order valence-corrected chi connectivity index (χ1v) is 16.0. The molecule has 1 aromatic heterocycles. The number of alkyl halides is 1. The molecule has 0 fully saturated rings. The molecule has 0 radical (unpaired) electrons. The van der Waals surface area contributed by atoms with Crippen molar-refractivity contribution in [3.8, 4) is 17.2 Å². The second-order valence-electron chi connectivity index (χ2n) is 9.65. The van der Waals surface area contributed by atoms with E-state index >= 15 is 4.39 Å². The van der Waals surface area contributed by atoms with Crippen LogP contribution in [0.25, 0.3) is 5.69 Å². The molecule has 5 rings (SSSR count). The Hall–Kier alpha value is -2.66. The van der Waals surface area contributed by atoms with Gasteiger partial charge in [0.1, 0.15) is 24.0 Å². The van der Waals surface area contributed by atoms with Crippen molar-refractivity contribution in [2.45, 2.75) is 36.1 Å². The number of fused-ring (bicyclic) bond motifs is 1. The fourth-order valence-corrected chi connectivity index (χ4v) is 6.55. The molecule has 42 heavy (non-hydrogen) atoms. The minimum absolute atomic E-state index is 0.0223. The number of imidazole rings is 1. The molecule has 1 aliphatic carbocycles. The number of halogens is 5. The minimum Gasteiger partial charge on any atom is -0.495 e. The van der Waals surface area contributed by atoms with Crippen LogP contribution < -0.4 is 9.47 Å². The van der Waals surface area contributed by atoms with E-state index in [1.54, 1.807) is 19.2 Å². The lowest BCUT2D eigenvalue weighted by Gasteiger charge is -2.26. The van der Waals surface area contributed by atoms with Gasteiger partial charge in [-0.15, -0.1) is 0 Å². The quantitative estimate of drug-likeness (QED) is 0.0853. The second-order valence-corrected chi connectivity index (χ2v) is 11.8. The molecule has 1 atom stereocenters. The standard InChI is InChI=1S/C31H29BrClF3N2O3S/c1-39-28-17-19(5-10-24(28)33)22-3-2-4-26-30(22)38(21-8-6-20(34)7-9-21)31(37-26)42-18-23-25(35)11-12-27(29(23)36)41-16-15-40-14-13-32/h5-12,17,22H,2-4,13-16,18H2,1H3. The highest BCUT2D eigenvalue weighted by atomic mass is 79.9. The summed E-state index contributed by atoms with van der Waals surface area (Å²) in [5, 5.41) is 1.76. The molecule has 0 aliphatic heterocycles. The SMILES string of the molecule is COc1cc(C2CCCc3nc(SCc4c(F)ccc(OCCOCCBr)c4F)n(-c4ccc(F)cc4)c32)ccc1Cl. The normalized spacial score (nSPS) is 14.6.